The quantitative estimate of drug-likeness (QED) is 0.585. The largest absolute Gasteiger partial charge is 0.508 e. The number of phenols is 2. The van der Waals surface area contributed by atoms with Crippen LogP contribution in [0.2, 0.25) is 0 Å². The van der Waals surface area contributed by atoms with Crippen molar-refractivity contribution in [2.45, 2.75) is 44.1 Å². The van der Waals surface area contributed by atoms with Crippen LogP contribution < -0.4 is 10.6 Å². The number of rotatable bonds is 4. The fourth-order valence-electron chi connectivity index (χ4n) is 5.60. The van der Waals surface area contributed by atoms with Crippen molar-refractivity contribution in [2.24, 2.45) is 17.8 Å². The van der Waals surface area contributed by atoms with Crippen molar-refractivity contribution in [1.29, 1.82) is 0 Å². The minimum Gasteiger partial charge on any atom is -0.508 e. The second kappa shape index (κ2) is 7.00. The summed E-state index contributed by atoms with van der Waals surface area (Å²) in [6, 6.07) is 2.84. The van der Waals surface area contributed by atoms with E-state index in [1.165, 1.54) is 31.4 Å². The molecule has 5 rings (SSSR count). The number of imide groups is 1. The lowest BCUT2D eigenvalue weighted by atomic mass is 9.53. The van der Waals surface area contributed by atoms with Crippen molar-refractivity contribution in [3.8, 4) is 11.5 Å². The predicted molar refractivity (Wildman–Crippen MR) is 97.6 cm³/mol. The van der Waals surface area contributed by atoms with Crippen LogP contribution in [-0.4, -0.2) is 40.3 Å². The Morgan fingerprint density at radius 1 is 1.04 bits per heavy atom. The van der Waals surface area contributed by atoms with E-state index in [0.717, 1.165) is 25.3 Å². The maximum absolute atomic E-state index is 12.3. The zero-order valence-corrected chi connectivity index (χ0v) is 15.4. The van der Waals surface area contributed by atoms with Gasteiger partial charge < -0.3 is 20.3 Å². The van der Waals surface area contributed by atoms with Gasteiger partial charge in [0.15, 0.2) is 6.61 Å². The zero-order chi connectivity index (χ0) is 19.9. The zero-order valence-electron chi connectivity index (χ0n) is 15.4. The molecule has 4 aliphatic carbocycles. The van der Waals surface area contributed by atoms with Gasteiger partial charge >= 0.3 is 12.0 Å². The van der Waals surface area contributed by atoms with Crippen LogP contribution in [-0.2, 0) is 9.53 Å². The van der Waals surface area contributed by atoms with E-state index in [9.17, 15) is 24.6 Å². The van der Waals surface area contributed by atoms with Gasteiger partial charge in [-0.25, -0.2) is 9.59 Å². The molecule has 8 nitrogen and oxygen atoms in total. The molecule has 4 N–H and O–H groups in total. The molecule has 0 aromatic heterocycles. The number of hydrogen-bond acceptors (Lipinski definition) is 6. The van der Waals surface area contributed by atoms with Gasteiger partial charge in [0.25, 0.3) is 5.91 Å². The minimum atomic E-state index is -0.922. The molecule has 1 aromatic rings. The van der Waals surface area contributed by atoms with Gasteiger partial charge in [-0.3, -0.25) is 10.1 Å². The molecule has 3 amide bonds. The molecule has 0 atom stereocenters. The molecule has 8 heteroatoms. The van der Waals surface area contributed by atoms with Gasteiger partial charge in [0.05, 0.1) is 0 Å². The minimum absolute atomic E-state index is 0.177. The maximum Gasteiger partial charge on any atom is 0.342 e. The molecular formula is C20H24N2O6. The third kappa shape index (κ3) is 3.76. The normalized spacial score (nSPS) is 29.9. The van der Waals surface area contributed by atoms with Crippen molar-refractivity contribution in [1.82, 2.24) is 10.6 Å². The molecule has 0 unspecified atom stereocenters. The highest BCUT2D eigenvalue weighted by Gasteiger charge is 2.51. The van der Waals surface area contributed by atoms with Crippen molar-refractivity contribution >= 4 is 17.9 Å². The lowest BCUT2D eigenvalue weighted by Gasteiger charge is -2.56. The number of phenolic OH excluding ortho intramolecular Hbond substituents is 2. The molecule has 4 saturated carbocycles. The number of hydrogen-bond donors (Lipinski definition) is 4. The van der Waals surface area contributed by atoms with E-state index < -0.39 is 30.3 Å². The monoisotopic (exact) mass is 388 g/mol. The van der Waals surface area contributed by atoms with Crippen molar-refractivity contribution in [2.75, 3.05) is 6.61 Å². The summed E-state index contributed by atoms with van der Waals surface area (Å²) in [5.41, 5.74) is -0.392. The smallest absolute Gasteiger partial charge is 0.342 e. The maximum atomic E-state index is 12.3. The van der Waals surface area contributed by atoms with Crippen LogP contribution in [0.4, 0.5) is 4.79 Å². The summed E-state index contributed by atoms with van der Waals surface area (Å²) in [5, 5.41) is 24.1. The summed E-state index contributed by atoms with van der Waals surface area (Å²) in [7, 11) is 0. The Bertz CT molecular complexity index is 786. The van der Waals surface area contributed by atoms with Crippen LogP contribution in [0.1, 0.15) is 48.9 Å². The molecule has 4 fully saturated rings. The number of esters is 1. The van der Waals surface area contributed by atoms with Crippen molar-refractivity contribution in [3.63, 3.8) is 0 Å². The standard InChI is InChI=1S/C20H24N2O6/c23-14-1-2-15(16(24)6-14)18(26)28-10-17(25)21-19(27)22-20-7-11-3-12(8-20)5-13(4-11)9-20/h1-2,6,11-13,23-24H,3-5,7-10H2,(H2,21,22,25,27). The number of aromatic hydroxyl groups is 2. The molecule has 1 aromatic carbocycles. The summed E-state index contributed by atoms with van der Waals surface area (Å²) in [6.45, 7) is -0.645. The van der Waals surface area contributed by atoms with Gasteiger partial charge in [0.1, 0.15) is 17.1 Å². The molecule has 0 heterocycles. The van der Waals surface area contributed by atoms with Crippen molar-refractivity contribution < 1.29 is 29.3 Å². The SMILES string of the molecule is O=C(COC(=O)c1ccc(O)cc1O)NC(=O)NC12CC3CC(CC(C3)C1)C2. The second-order valence-electron chi connectivity index (χ2n) is 8.48. The van der Waals surface area contributed by atoms with Crippen LogP contribution in [0.5, 0.6) is 11.5 Å². The Labute approximate surface area is 162 Å². The Morgan fingerprint density at radius 3 is 2.21 bits per heavy atom. The molecule has 28 heavy (non-hydrogen) atoms. The van der Waals surface area contributed by atoms with Crippen LogP contribution in [0.25, 0.3) is 0 Å². The first-order valence-electron chi connectivity index (χ1n) is 9.63. The Morgan fingerprint density at radius 2 is 1.64 bits per heavy atom. The third-order valence-electron chi connectivity index (χ3n) is 6.21. The van der Waals surface area contributed by atoms with E-state index in [0.29, 0.717) is 17.8 Å². The van der Waals surface area contributed by atoms with Crippen LogP contribution in [0.15, 0.2) is 18.2 Å². The fourth-order valence-corrected chi connectivity index (χ4v) is 5.60. The van der Waals surface area contributed by atoms with Crippen molar-refractivity contribution in [3.05, 3.63) is 23.8 Å². The molecule has 0 saturated heterocycles. The first kappa shape index (κ1) is 18.6. The van der Waals surface area contributed by atoms with Gasteiger partial charge in [0, 0.05) is 11.6 Å². The Balaban J connectivity index is 1.27. The summed E-state index contributed by atoms with van der Waals surface area (Å²) in [6.07, 6.45) is 6.66. The average Bonchev–Trinajstić information content (AvgIpc) is 2.57. The Hall–Kier alpha value is -2.77. The molecular weight excluding hydrogens is 364 g/mol. The number of ether oxygens (including phenoxy) is 1. The van der Waals surface area contributed by atoms with Crippen LogP contribution in [0.3, 0.4) is 0 Å². The first-order chi connectivity index (χ1) is 13.3. The summed E-state index contributed by atoms with van der Waals surface area (Å²) in [5.74, 6) is -0.315. The van der Waals surface area contributed by atoms with Gasteiger partial charge in [-0.1, -0.05) is 0 Å². The molecule has 0 radical (unpaired) electrons. The second-order valence-corrected chi connectivity index (χ2v) is 8.48. The highest BCUT2D eigenvalue weighted by atomic mass is 16.5. The van der Waals surface area contributed by atoms with E-state index in [-0.39, 0.29) is 16.9 Å². The molecule has 4 bridgehead atoms. The van der Waals surface area contributed by atoms with E-state index in [4.69, 9.17) is 4.74 Å². The number of nitrogens with one attached hydrogen (secondary N) is 2. The van der Waals surface area contributed by atoms with E-state index >= 15 is 0 Å². The van der Waals surface area contributed by atoms with Gasteiger partial charge in [-0.05, 0) is 68.4 Å². The summed E-state index contributed by atoms with van der Waals surface area (Å²) >= 11 is 0. The number of amides is 3. The molecule has 0 spiro atoms. The number of carbonyl (C=O) groups is 3. The third-order valence-corrected chi connectivity index (χ3v) is 6.21. The fraction of sp³-hybridized carbons (Fsp3) is 0.550. The predicted octanol–water partition coefficient (Wildman–Crippen LogP) is 2.05. The summed E-state index contributed by atoms with van der Waals surface area (Å²) in [4.78, 5) is 36.2. The summed E-state index contributed by atoms with van der Waals surface area (Å²) < 4.78 is 4.83. The number of benzene rings is 1. The van der Waals surface area contributed by atoms with Gasteiger partial charge in [-0.2, -0.15) is 0 Å². The van der Waals surface area contributed by atoms with Gasteiger partial charge in [-0.15, -0.1) is 0 Å². The first-order valence-corrected chi connectivity index (χ1v) is 9.63. The highest BCUT2D eigenvalue weighted by Crippen LogP contribution is 2.55. The average molecular weight is 388 g/mol. The van der Waals surface area contributed by atoms with Crippen LogP contribution in [0, 0.1) is 17.8 Å². The number of urea groups is 1. The van der Waals surface area contributed by atoms with Crippen LogP contribution >= 0.6 is 0 Å². The van der Waals surface area contributed by atoms with E-state index in [1.54, 1.807) is 0 Å². The molecule has 4 aliphatic rings. The van der Waals surface area contributed by atoms with Gasteiger partial charge in [0.2, 0.25) is 0 Å². The molecule has 0 aliphatic heterocycles. The highest BCUT2D eigenvalue weighted by molar-refractivity contribution is 5.98. The topological polar surface area (TPSA) is 125 Å². The molecule has 150 valence electrons. The lowest BCUT2D eigenvalue weighted by molar-refractivity contribution is -0.123. The number of carbonyl (C=O) groups excluding carboxylic acids is 3. The lowest BCUT2D eigenvalue weighted by Crippen LogP contribution is -2.62. The van der Waals surface area contributed by atoms with E-state index in [2.05, 4.69) is 10.6 Å². The van der Waals surface area contributed by atoms with E-state index in [1.807, 2.05) is 0 Å². The Kier molecular flexibility index (Phi) is 4.64.